The van der Waals surface area contributed by atoms with E-state index in [1.807, 2.05) is 7.05 Å². The highest BCUT2D eigenvalue weighted by Crippen LogP contribution is 2.25. The van der Waals surface area contributed by atoms with Crippen molar-refractivity contribution in [1.29, 1.82) is 0 Å². The normalized spacial score (nSPS) is 37.1. The maximum Gasteiger partial charge on any atom is 0.207 e. The summed E-state index contributed by atoms with van der Waals surface area (Å²) in [6, 6.07) is 0.551. The molecule has 1 aliphatic rings. The van der Waals surface area contributed by atoms with Gasteiger partial charge in [0.25, 0.3) is 0 Å². The Bertz CT molecular complexity index is 142. The fourth-order valence-corrected chi connectivity index (χ4v) is 2.61. The lowest BCUT2D eigenvalue weighted by Crippen LogP contribution is -2.47. The second-order valence-corrected chi connectivity index (χ2v) is 3.85. The second-order valence-electron chi connectivity index (χ2n) is 2.58. The molecule has 3 atom stereocenters. The van der Waals surface area contributed by atoms with Crippen LogP contribution in [0.15, 0.2) is 0 Å². The summed E-state index contributed by atoms with van der Waals surface area (Å²) in [7, 11) is 1.90. The van der Waals surface area contributed by atoms with Gasteiger partial charge in [-0.3, -0.25) is 4.79 Å². The molecule has 0 bridgehead atoms. The van der Waals surface area contributed by atoms with Gasteiger partial charge in [-0.2, -0.15) is 11.8 Å². The number of carbonyl (C=O) groups excluding carboxylic acids is 1. The molecule has 1 heterocycles. The van der Waals surface area contributed by atoms with Gasteiger partial charge in [0, 0.05) is 17.0 Å². The predicted molar refractivity (Wildman–Crippen MR) is 47.4 cm³/mol. The fourth-order valence-electron chi connectivity index (χ4n) is 1.32. The third kappa shape index (κ3) is 1.87. The number of rotatable bonds is 3. The molecule has 1 rings (SSSR count). The molecular weight excluding hydrogens is 160 g/mol. The number of amides is 1. The summed E-state index contributed by atoms with van der Waals surface area (Å²) in [4.78, 5) is 10.2. The van der Waals surface area contributed by atoms with Crippen LogP contribution in [0.5, 0.6) is 0 Å². The number of hydrogen-bond donors (Lipinski definition) is 2. The summed E-state index contributed by atoms with van der Waals surface area (Å²) >= 11 is 1.78. The Balaban J connectivity index is 2.46. The van der Waals surface area contributed by atoms with E-state index in [2.05, 4.69) is 17.6 Å². The number of hydrogen-bond acceptors (Lipinski definition) is 3. The lowest BCUT2D eigenvalue weighted by atomic mass is 10.1. The van der Waals surface area contributed by atoms with Crippen LogP contribution >= 0.6 is 11.8 Å². The molecule has 11 heavy (non-hydrogen) atoms. The largest absolute Gasteiger partial charge is 0.353 e. The highest BCUT2D eigenvalue weighted by Gasteiger charge is 2.32. The standard InChI is InChI=1S/C7H13N2OS/c1-5-7(8-2)6(3-11-5)9-4-10/h4-8H,1,3H2,2H3,(H,9,10). The monoisotopic (exact) mass is 173 g/mol. The first-order valence-electron chi connectivity index (χ1n) is 3.61. The average Bonchev–Trinajstić information content (AvgIpc) is 2.33. The van der Waals surface area contributed by atoms with E-state index in [-0.39, 0.29) is 6.04 Å². The molecule has 0 aromatic rings. The molecule has 0 saturated carbocycles. The molecule has 3 unspecified atom stereocenters. The summed E-state index contributed by atoms with van der Waals surface area (Å²) in [6.45, 7) is 3.97. The van der Waals surface area contributed by atoms with E-state index in [4.69, 9.17) is 0 Å². The number of nitrogens with one attached hydrogen (secondary N) is 2. The first kappa shape index (κ1) is 8.87. The van der Waals surface area contributed by atoms with E-state index in [0.29, 0.717) is 11.3 Å². The van der Waals surface area contributed by atoms with Crippen LogP contribution < -0.4 is 10.6 Å². The van der Waals surface area contributed by atoms with Crippen LogP contribution in [0.2, 0.25) is 0 Å². The Kier molecular flexibility index (Phi) is 3.20. The van der Waals surface area contributed by atoms with Gasteiger partial charge in [-0.1, -0.05) is 0 Å². The van der Waals surface area contributed by atoms with Crippen molar-refractivity contribution in [3.8, 4) is 0 Å². The van der Waals surface area contributed by atoms with Gasteiger partial charge in [-0.05, 0) is 14.0 Å². The van der Waals surface area contributed by atoms with Gasteiger partial charge in [0.05, 0.1) is 6.04 Å². The van der Waals surface area contributed by atoms with Gasteiger partial charge in [0.2, 0.25) is 6.41 Å². The van der Waals surface area contributed by atoms with Gasteiger partial charge < -0.3 is 10.6 Å². The van der Waals surface area contributed by atoms with E-state index < -0.39 is 0 Å². The van der Waals surface area contributed by atoms with Crippen molar-refractivity contribution in [2.45, 2.75) is 17.3 Å². The van der Waals surface area contributed by atoms with Crippen LogP contribution in [0.25, 0.3) is 0 Å². The Morgan fingerprint density at radius 1 is 1.73 bits per heavy atom. The van der Waals surface area contributed by atoms with Crippen molar-refractivity contribution in [2.75, 3.05) is 12.8 Å². The number of likely N-dealkylation sites (N-methyl/N-ethyl adjacent to an activating group) is 1. The molecule has 1 saturated heterocycles. The van der Waals surface area contributed by atoms with E-state index in [0.717, 1.165) is 12.2 Å². The maximum atomic E-state index is 10.2. The summed E-state index contributed by atoms with van der Waals surface area (Å²) in [5.74, 6) is 0.957. The zero-order valence-corrected chi connectivity index (χ0v) is 7.36. The Hall–Kier alpha value is -0.220. The highest BCUT2D eigenvalue weighted by atomic mass is 32.2. The van der Waals surface area contributed by atoms with Gasteiger partial charge in [-0.15, -0.1) is 0 Å². The lowest BCUT2D eigenvalue weighted by molar-refractivity contribution is -0.110. The third-order valence-electron chi connectivity index (χ3n) is 1.94. The Labute approximate surface area is 71.3 Å². The van der Waals surface area contributed by atoms with Gasteiger partial charge in [0.15, 0.2) is 0 Å². The minimum atomic E-state index is 0.241. The molecule has 1 aliphatic heterocycles. The first-order chi connectivity index (χ1) is 5.29. The molecule has 2 N–H and O–H groups in total. The van der Waals surface area contributed by atoms with Gasteiger partial charge >= 0.3 is 0 Å². The van der Waals surface area contributed by atoms with Crippen LogP contribution in [0.4, 0.5) is 0 Å². The highest BCUT2D eigenvalue weighted by molar-refractivity contribution is 8.00. The number of thioether (sulfide) groups is 1. The van der Waals surface area contributed by atoms with Crippen molar-refractivity contribution in [1.82, 2.24) is 10.6 Å². The molecule has 1 fully saturated rings. The minimum absolute atomic E-state index is 0.241. The van der Waals surface area contributed by atoms with Crippen LogP contribution in [-0.2, 0) is 4.79 Å². The molecule has 0 aromatic carbocycles. The van der Waals surface area contributed by atoms with Crippen molar-refractivity contribution in [2.24, 2.45) is 0 Å². The SMILES string of the molecule is [CH2]C1SCC(NC=O)C1NC. The summed E-state index contributed by atoms with van der Waals surface area (Å²) in [5, 5.41) is 6.26. The van der Waals surface area contributed by atoms with Crippen molar-refractivity contribution >= 4 is 18.2 Å². The van der Waals surface area contributed by atoms with Crippen LogP contribution in [0.3, 0.4) is 0 Å². The van der Waals surface area contributed by atoms with Crippen LogP contribution in [0, 0.1) is 6.92 Å². The predicted octanol–water partition coefficient (Wildman–Crippen LogP) is -0.362. The Morgan fingerprint density at radius 3 is 3.00 bits per heavy atom. The zero-order chi connectivity index (χ0) is 8.27. The lowest BCUT2D eigenvalue weighted by Gasteiger charge is -2.19. The molecule has 1 amide bonds. The first-order valence-corrected chi connectivity index (χ1v) is 4.66. The number of carbonyl (C=O) groups is 1. The van der Waals surface area contributed by atoms with E-state index in [1.165, 1.54) is 0 Å². The molecule has 0 aromatic heterocycles. The van der Waals surface area contributed by atoms with Crippen molar-refractivity contribution < 1.29 is 4.79 Å². The molecule has 0 aliphatic carbocycles. The van der Waals surface area contributed by atoms with Gasteiger partial charge in [0.1, 0.15) is 0 Å². The molecule has 3 nitrogen and oxygen atoms in total. The second kappa shape index (κ2) is 3.97. The van der Waals surface area contributed by atoms with Crippen LogP contribution in [-0.4, -0.2) is 36.5 Å². The minimum Gasteiger partial charge on any atom is -0.353 e. The third-order valence-corrected chi connectivity index (χ3v) is 3.21. The maximum absolute atomic E-state index is 10.2. The molecular formula is C7H13N2OS. The summed E-state index contributed by atoms with van der Waals surface area (Å²) in [5.41, 5.74) is 0. The fraction of sp³-hybridized carbons (Fsp3) is 0.714. The zero-order valence-electron chi connectivity index (χ0n) is 6.54. The average molecular weight is 173 g/mol. The van der Waals surface area contributed by atoms with E-state index in [9.17, 15) is 4.79 Å². The van der Waals surface area contributed by atoms with E-state index >= 15 is 0 Å². The quantitative estimate of drug-likeness (QED) is 0.573. The topological polar surface area (TPSA) is 41.1 Å². The van der Waals surface area contributed by atoms with Crippen molar-refractivity contribution in [3.05, 3.63) is 6.92 Å². The molecule has 4 heteroatoms. The molecule has 0 spiro atoms. The Morgan fingerprint density at radius 2 is 2.45 bits per heavy atom. The molecule has 63 valence electrons. The molecule has 1 radical (unpaired) electrons. The van der Waals surface area contributed by atoms with Crippen molar-refractivity contribution in [3.63, 3.8) is 0 Å². The smallest absolute Gasteiger partial charge is 0.207 e. The van der Waals surface area contributed by atoms with E-state index in [1.54, 1.807) is 11.8 Å². The van der Waals surface area contributed by atoms with Gasteiger partial charge in [-0.25, -0.2) is 0 Å². The summed E-state index contributed by atoms with van der Waals surface area (Å²) < 4.78 is 0. The summed E-state index contributed by atoms with van der Waals surface area (Å²) in [6.07, 6.45) is 0.758. The van der Waals surface area contributed by atoms with Crippen LogP contribution in [0.1, 0.15) is 0 Å².